The predicted molar refractivity (Wildman–Crippen MR) is 79.9 cm³/mol. The molecule has 0 saturated carbocycles. The van der Waals surface area contributed by atoms with Gasteiger partial charge in [-0.25, -0.2) is 0 Å². The van der Waals surface area contributed by atoms with Crippen molar-refractivity contribution in [1.82, 2.24) is 10.3 Å². The van der Waals surface area contributed by atoms with E-state index in [1.165, 1.54) is 0 Å². The number of hydrogen-bond donors (Lipinski definition) is 3. The van der Waals surface area contributed by atoms with E-state index in [1.54, 1.807) is 12.3 Å². The maximum Gasteiger partial charge on any atom is 0.269 e. The highest BCUT2D eigenvalue weighted by molar-refractivity contribution is 5.93. The van der Waals surface area contributed by atoms with Gasteiger partial charge in [0.2, 0.25) is 0 Å². The summed E-state index contributed by atoms with van der Waals surface area (Å²) < 4.78 is 0. The summed E-state index contributed by atoms with van der Waals surface area (Å²) in [4.78, 5) is 15.8. The third-order valence-electron chi connectivity index (χ3n) is 2.85. The molecule has 0 bridgehead atoms. The summed E-state index contributed by atoms with van der Waals surface area (Å²) in [6.45, 7) is 2.91. The molecule has 2 rings (SSSR count). The molecule has 104 valence electrons. The van der Waals surface area contributed by atoms with Crippen LogP contribution in [0.4, 0.5) is 11.4 Å². The number of pyridine rings is 1. The molecule has 1 amide bonds. The molecule has 20 heavy (non-hydrogen) atoms. The van der Waals surface area contributed by atoms with Crippen LogP contribution >= 0.6 is 0 Å². The van der Waals surface area contributed by atoms with Crippen LogP contribution in [0, 0.1) is 0 Å². The number of carbonyl (C=O) groups is 1. The molecule has 5 heteroatoms. The second kappa shape index (κ2) is 6.68. The SMILES string of the molecule is CCNC(=O)c1cc(Nc2ccccc2CN)ccn1. The van der Waals surface area contributed by atoms with E-state index in [1.807, 2.05) is 37.3 Å². The van der Waals surface area contributed by atoms with Crippen molar-refractivity contribution in [1.29, 1.82) is 0 Å². The fraction of sp³-hybridized carbons (Fsp3) is 0.200. The van der Waals surface area contributed by atoms with E-state index < -0.39 is 0 Å². The van der Waals surface area contributed by atoms with Crippen molar-refractivity contribution < 1.29 is 4.79 Å². The number of anilines is 2. The van der Waals surface area contributed by atoms with Crippen molar-refractivity contribution in [3.05, 3.63) is 53.9 Å². The summed E-state index contributed by atoms with van der Waals surface area (Å²) in [7, 11) is 0. The van der Waals surface area contributed by atoms with Gasteiger partial charge in [-0.15, -0.1) is 0 Å². The normalized spacial score (nSPS) is 10.1. The first-order chi connectivity index (χ1) is 9.74. The van der Waals surface area contributed by atoms with Gasteiger partial charge in [0, 0.05) is 30.7 Å². The minimum absolute atomic E-state index is 0.178. The number of amides is 1. The molecule has 0 aliphatic rings. The number of carbonyl (C=O) groups excluding carboxylic acids is 1. The highest BCUT2D eigenvalue weighted by Gasteiger charge is 2.07. The van der Waals surface area contributed by atoms with Gasteiger partial charge in [0.15, 0.2) is 0 Å². The summed E-state index contributed by atoms with van der Waals surface area (Å²) in [6.07, 6.45) is 1.61. The molecule has 5 nitrogen and oxygen atoms in total. The van der Waals surface area contributed by atoms with Crippen LogP contribution in [0.25, 0.3) is 0 Å². The molecular weight excluding hydrogens is 252 g/mol. The second-order valence-electron chi connectivity index (χ2n) is 4.28. The fourth-order valence-electron chi connectivity index (χ4n) is 1.86. The molecule has 0 aliphatic carbocycles. The summed E-state index contributed by atoms with van der Waals surface area (Å²) in [5.74, 6) is -0.178. The van der Waals surface area contributed by atoms with Crippen LogP contribution in [0.3, 0.4) is 0 Å². The monoisotopic (exact) mass is 270 g/mol. The fourth-order valence-corrected chi connectivity index (χ4v) is 1.86. The minimum Gasteiger partial charge on any atom is -0.355 e. The highest BCUT2D eigenvalue weighted by atomic mass is 16.1. The van der Waals surface area contributed by atoms with Gasteiger partial charge in [-0.05, 0) is 30.7 Å². The lowest BCUT2D eigenvalue weighted by atomic mass is 10.1. The highest BCUT2D eigenvalue weighted by Crippen LogP contribution is 2.20. The first kappa shape index (κ1) is 14.0. The van der Waals surface area contributed by atoms with Crippen molar-refractivity contribution in [2.45, 2.75) is 13.5 Å². The molecule has 1 aromatic heterocycles. The lowest BCUT2D eigenvalue weighted by Gasteiger charge is -2.11. The molecule has 0 fully saturated rings. The van der Waals surface area contributed by atoms with E-state index >= 15 is 0 Å². The third kappa shape index (κ3) is 3.33. The molecule has 2 aromatic rings. The number of rotatable bonds is 5. The van der Waals surface area contributed by atoms with E-state index in [4.69, 9.17) is 5.73 Å². The minimum atomic E-state index is -0.178. The lowest BCUT2D eigenvalue weighted by molar-refractivity contribution is 0.0951. The second-order valence-corrected chi connectivity index (χ2v) is 4.28. The van der Waals surface area contributed by atoms with Gasteiger partial charge < -0.3 is 16.4 Å². The van der Waals surface area contributed by atoms with Gasteiger partial charge in [-0.2, -0.15) is 0 Å². The Morgan fingerprint density at radius 3 is 2.85 bits per heavy atom. The van der Waals surface area contributed by atoms with Crippen LogP contribution in [-0.4, -0.2) is 17.4 Å². The zero-order valence-electron chi connectivity index (χ0n) is 11.4. The van der Waals surface area contributed by atoms with Crippen molar-refractivity contribution in [2.24, 2.45) is 5.73 Å². The summed E-state index contributed by atoms with van der Waals surface area (Å²) in [6, 6.07) is 11.3. The number of nitrogens with zero attached hydrogens (tertiary/aromatic N) is 1. The van der Waals surface area contributed by atoms with E-state index in [0.29, 0.717) is 18.8 Å². The van der Waals surface area contributed by atoms with Gasteiger partial charge in [0.05, 0.1) is 0 Å². The number of para-hydroxylation sites is 1. The average Bonchev–Trinajstić information content (AvgIpc) is 2.48. The Kier molecular flexibility index (Phi) is 4.68. The standard InChI is InChI=1S/C15H18N4O/c1-2-17-15(20)14-9-12(7-8-18-14)19-13-6-4-3-5-11(13)10-16/h3-9H,2,10,16H2,1H3,(H,17,20)(H,18,19). The van der Waals surface area contributed by atoms with Gasteiger partial charge in [-0.1, -0.05) is 18.2 Å². The summed E-state index contributed by atoms with van der Waals surface area (Å²) >= 11 is 0. The lowest BCUT2D eigenvalue weighted by Crippen LogP contribution is -2.23. The molecule has 0 atom stereocenters. The smallest absolute Gasteiger partial charge is 0.269 e. The number of aromatic nitrogens is 1. The van der Waals surface area contributed by atoms with Crippen LogP contribution in [0.15, 0.2) is 42.6 Å². The average molecular weight is 270 g/mol. The molecule has 0 spiro atoms. The molecule has 1 heterocycles. The van der Waals surface area contributed by atoms with Gasteiger partial charge in [0.1, 0.15) is 5.69 Å². The maximum absolute atomic E-state index is 11.8. The Balaban J connectivity index is 2.21. The first-order valence-corrected chi connectivity index (χ1v) is 6.54. The molecule has 0 unspecified atom stereocenters. The van der Waals surface area contributed by atoms with E-state index in [2.05, 4.69) is 15.6 Å². The largest absolute Gasteiger partial charge is 0.355 e. The van der Waals surface area contributed by atoms with Crippen molar-refractivity contribution in [3.8, 4) is 0 Å². The zero-order valence-corrected chi connectivity index (χ0v) is 11.4. The Labute approximate surface area is 118 Å². The Hall–Kier alpha value is -2.40. The van der Waals surface area contributed by atoms with Crippen LogP contribution < -0.4 is 16.4 Å². The van der Waals surface area contributed by atoms with E-state index in [0.717, 1.165) is 16.9 Å². The van der Waals surface area contributed by atoms with E-state index in [9.17, 15) is 4.79 Å². The van der Waals surface area contributed by atoms with Crippen molar-refractivity contribution in [2.75, 3.05) is 11.9 Å². The molecule has 0 radical (unpaired) electrons. The zero-order chi connectivity index (χ0) is 14.4. The molecule has 1 aromatic carbocycles. The van der Waals surface area contributed by atoms with E-state index in [-0.39, 0.29) is 5.91 Å². The number of nitrogens with two attached hydrogens (primary N) is 1. The molecule has 4 N–H and O–H groups in total. The van der Waals surface area contributed by atoms with Crippen molar-refractivity contribution >= 4 is 17.3 Å². The van der Waals surface area contributed by atoms with Crippen LogP contribution in [0.2, 0.25) is 0 Å². The number of hydrogen-bond acceptors (Lipinski definition) is 4. The van der Waals surface area contributed by atoms with Crippen LogP contribution in [0.1, 0.15) is 23.0 Å². The van der Waals surface area contributed by atoms with Crippen molar-refractivity contribution in [3.63, 3.8) is 0 Å². The Bertz CT molecular complexity index is 598. The molecule has 0 aliphatic heterocycles. The van der Waals surface area contributed by atoms with Gasteiger partial charge >= 0.3 is 0 Å². The quantitative estimate of drug-likeness (QED) is 0.776. The predicted octanol–water partition coefficient (Wildman–Crippen LogP) is 2.03. The van der Waals surface area contributed by atoms with Gasteiger partial charge in [-0.3, -0.25) is 9.78 Å². The Morgan fingerprint density at radius 2 is 2.10 bits per heavy atom. The Morgan fingerprint density at radius 1 is 1.30 bits per heavy atom. The van der Waals surface area contributed by atoms with Gasteiger partial charge in [0.25, 0.3) is 5.91 Å². The summed E-state index contributed by atoms with van der Waals surface area (Å²) in [5.41, 5.74) is 8.85. The first-order valence-electron chi connectivity index (χ1n) is 6.54. The molecule has 0 saturated heterocycles. The molecular formula is C15H18N4O. The topological polar surface area (TPSA) is 80.0 Å². The number of nitrogens with one attached hydrogen (secondary N) is 2. The number of benzene rings is 1. The van der Waals surface area contributed by atoms with Crippen LogP contribution in [-0.2, 0) is 6.54 Å². The summed E-state index contributed by atoms with van der Waals surface area (Å²) in [5, 5.41) is 5.99. The maximum atomic E-state index is 11.8. The third-order valence-corrected chi connectivity index (χ3v) is 2.85. The van der Waals surface area contributed by atoms with Crippen LogP contribution in [0.5, 0.6) is 0 Å².